The molecule has 2 saturated heterocycles. The Morgan fingerprint density at radius 2 is 2.00 bits per heavy atom. The fraction of sp³-hybridized carbons (Fsp3) is 0.643. The van der Waals surface area contributed by atoms with Crippen molar-refractivity contribution in [3.63, 3.8) is 0 Å². The molecule has 0 unspecified atom stereocenters. The van der Waals surface area contributed by atoms with Gasteiger partial charge in [0.05, 0.1) is 12.4 Å². The van der Waals surface area contributed by atoms with Crippen molar-refractivity contribution in [1.82, 2.24) is 15.3 Å². The molecule has 1 N–H and O–H groups in total. The van der Waals surface area contributed by atoms with Crippen LogP contribution in [0.3, 0.4) is 0 Å². The first-order valence-electron chi connectivity index (χ1n) is 7.16. The molecule has 1 aromatic rings. The summed E-state index contributed by atoms with van der Waals surface area (Å²) in [5, 5.41) is 3.54. The molecular formula is C14H17ClN4O. The molecule has 1 aromatic heterocycles. The summed E-state index contributed by atoms with van der Waals surface area (Å²) in [5.74, 6) is 1.65. The zero-order valence-corrected chi connectivity index (χ0v) is 11.9. The Balaban J connectivity index is 1.65. The fourth-order valence-corrected chi connectivity index (χ4v) is 4.84. The van der Waals surface area contributed by atoms with Crippen LogP contribution in [0.5, 0.6) is 0 Å². The maximum atomic E-state index is 10.9. The van der Waals surface area contributed by atoms with Crippen molar-refractivity contribution in [1.29, 1.82) is 0 Å². The number of nitrogens with one attached hydrogen (secondary N) is 1. The van der Waals surface area contributed by atoms with E-state index in [2.05, 4.69) is 20.2 Å². The zero-order valence-electron chi connectivity index (χ0n) is 11.1. The monoisotopic (exact) mass is 292 g/mol. The predicted molar refractivity (Wildman–Crippen MR) is 75.6 cm³/mol. The number of piperidine rings is 2. The summed E-state index contributed by atoms with van der Waals surface area (Å²) in [6, 6.07) is 0.924. The lowest BCUT2D eigenvalue weighted by Crippen LogP contribution is -2.68. The van der Waals surface area contributed by atoms with Crippen molar-refractivity contribution in [2.75, 3.05) is 4.90 Å². The maximum absolute atomic E-state index is 10.9. The molecule has 4 aliphatic rings. The number of hydrogen-bond donors (Lipinski definition) is 1. The molecule has 2 aliphatic heterocycles. The Hall–Kier alpha value is -1.36. The van der Waals surface area contributed by atoms with Gasteiger partial charge in [-0.15, -0.1) is 0 Å². The number of rotatable bonds is 3. The van der Waals surface area contributed by atoms with Crippen LogP contribution in [0.25, 0.3) is 0 Å². The molecule has 20 heavy (non-hydrogen) atoms. The van der Waals surface area contributed by atoms with Crippen LogP contribution < -0.4 is 10.2 Å². The quantitative estimate of drug-likeness (QED) is 0.863. The van der Waals surface area contributed by atoms with Crippen LogP contribution in [-0.2, 0) is 4.79 Å². The lowest BCUT2D eigenvalue weighted by Gasteiger charge is -2.61. The molecule has 0 radical (unpaired) electrons. The van der Waals surface area contributed by atoms with Crippen molar-refractivity contribution in [3.05, 3.63) is 17.5 Å². The van der Waals surface area contributed by atoms with Gasteiger partial charge in [0, 0.05) is 17.6 Å². The van der Waals surface area contributed by atoms with E-state index in [1.165, 1.54) is 12.8 Å². The number of halogens is 1. The predicted octanol–water partition coefficient (Wildman–Crippen LogP) is 1.77. The third-order valence-electron chi connectivity index (χ3n) is 5.17. The van der Waals surface area contributed by atoms with E-state index in [4.69, 9.17) is 11.6 Å². The second kappa shape index (κ2) is 4.32. The van der Waals surface area contributed by atoms with E-state index >= 15 is 0 Å². The number of carbonyl (C=O) groups is 1. The van der Waals surface area contributed by atoms with Crippen LogP contribution in [0.1, 0.15) is 32.1 Å². The van der Waals surface area contributed by atoms with Crippen LogP contribution in [-0.4, -0.2) is 34.0 Å². The minimum absolute atomic E-state index is 0.0224. The molecule has 2 saturated carbocycles. The number of nitrogens with zero attached hydrogens (tertiary/aromatic N) is 3. The minimum Gasteiger partial charge on any atom is -0.353 e. The Kier molecular flexibility index (Phi) is 2.67. The highest BCUT2D eigenvalue weighted by Gasteiger charge is 2.54. The summed E-state index contributed by atoms with van der Waals surface area (Å²) in [4.78, 5) is 21.9. The second-order valence-corrected chi connectivity index (χ2v) is 6.79. The van der Waals surface area contributed by atoms with E-state index in [0.29, 0.717) is 17.2 Å². The van der Waals surface area contributed by atoms with Gasteiger partial charge in [0.15, 0.2) is 0 Å². The van der Waals surface area contributed by atoms with Crippen LogP contribution in [0, 0.1) is 5.92 Å². The summed E-state index contributed by atoms with van der Waals surface area (Å²) >= 11 is 5.82. The Morgan fingerprint density at radius 3 is 2.60 bits per heavy atom. The molecule has 5 nitrogen and oxygen atoms in total. The number of aromatic nitrogens is 2. The highest BCUT2D eigenvalue weighted by atomic mass is 35.5. The fourth-order valence-electron chi connectivity index (χ4n) is 4.74. The van der Waals surface area contributed by atoms with Gasteiger partial charge in [0.2, 0.25) is 6.41 Å². The van der Waals surface area contributed by atoms with Crippen molar-refractivity contribution in [3.8, 4) is 0 Å². The van der Waals surface area contributed by atoms with Gasteiger partial charge < -0.3 is 10.2 Å². The Labute approximate surface area is 122 Å². The summed E-state index contributed by atoms with van der Waals surface area (Å²) in [5.41, 5.74) is 0.0224. The van der Waals surface area contributed by atoms with Crippen LogP contribution in [0.15, 0.2) is 12.4 Å². The largest absolute Gasteiger partial charge is 0.353 e. The van der Waals surface area contributed by atoms with Gasteiger partial charge in [-0.1, -0.05) is 11.6 Å². The molecule has 106 valence electrons. The lowest BCUT2D eigenvalue weighted by atomic mass is 9.59. The highest BCUT2D eigenvalue weighted by Crippen LogP contribution is 2.52. The first-order valence-corrected chi connectivity index (χ1v) is 7.54. The summed E-state index contributed by atoms with van der Waals surface area (Å²) < 4.78 is 0. The molecule has 0 aromatic carbocycles. The summed E-state index contributed by atoms with van der Waals surface area (Å²) in [7, 11) is 0. The number of amides is 1. The van der Waals surface area contributed by atoms with E-state index in [9.17, 15) is 4.79 Å². The smallest absolute Gasteiger partial charge is 0.207 e. The van der Waals surface area contributed by atoms with Crippen LogP contribution in [0.2, 0.25) is 5.15 Å². The van der Waals surface area contributed by atoms with Crippen LogP contribution in [0.4, 0.5) is 5.82 Å². The Bertz CT molecular complexity index is 518. The SMILES string of the molecule is O=CN[C@]12C[C@@H]3C[C@H](C1)N(c1cnc(Cl)cn1)[C@@H](C3)C2. The normalized spacial score (nSPS) is 38.0. The third-order valence-corrected chi connectivity index (χ3v) is 5.36. The molecule has 6 heteroatoms. The van der Waals surface area contributed by atoms with E-state index in [-0.39, 0.29) is 5.54 Å². The van der Waals surface area contributed by atoms with Crippen molar-refractivity contribution >= 4 is 23.8 Å². The Morgan fingerprint density at radius 1 is 1.25 bits per heavy atom. The van der Waals surface area contributed by atoms with Crippen LogP contribution >= 0.6 is 11.6 Å². The molecule has 2 aliphatic carbocycles. The number of carbonyl (C=O) groups excluding carboxylic acids is 1. The van der Waals surface area contributed by atoms with Crippen molar-refractivity contribution < 1.29 is 4.79 Å². The number of hydrogen-bond acceptors (Lipinski definition) is 4. The minimum atomic E-state index is 0.0224. The first-order chi connectivity index (χ1) is 9.69. The van der Waals surface area contributed by atoms with Gasteiger partial charge in [-0.2, -0.15) is 0 Å². The molecule has 0 spiro atoms. The molecule has 1 amide bonds. The molecule has 4 bridgehead atoms. The van der Waals surface area contributed by atoms with Crippen molar-refractivity contribution in [2.45, 2.75) is 49.7 Å². The standard InChI is InChI=1S/C14H17ClN4O/c15-12-6-17-13(7-16-12)19-10-1-9-2-11(19)5-14(3-9,4-10)18-8-20/h6-11H,1-5H2,(H,18,20)/t9-,10-,11+,14-. The highest BCUT2D eigenvalue weighted by molar-refractivity contribution is 6.29. The van der Waals surface area contributed by atoms with Gasteiger partial charge in [-0.3, -0.25) is 4.79 Å². The van der Waals surface area contributed by atoms with E-state index in [1.807, 2.05) is 0 Å². The van der Waals surface area contributed by atoms with E-state index < -0.39 is 0 Å². The second-order valence-electron chi connectivity index (χ2n) is 6.40. The lowest BCUT2D eigenvalue weighted by molar-refractivity contribution is -0.113. The van der Waals surface area contributed by atoms with Gasteiger partial charge in [0.1, 0.15) is 11.0 Å². The maximum Gasteiger partial charge on any atom is 0.207 e. The summed E-state index contributed by atoms with van der Waals surface area (Å²) in [6.45, 7) is 0. The van der Waals surface area contributed by atoms with Gasteiger partial charge in [-0.25, -0.2) is 9.97 Å². The number of anilines is 1. The van der Waals surface area contributed by atoms with E-state index in [1.54, 1.807) is 12.4 Å². The first kappa shape index (κ1) is 12.4. The van der Waals surface area contributed by atoms with E-state index in [0.717, 1.165) is 37.4 Å². The average Bonchev–Trinajstić information content (AvgIpc) is 2.39. The molecule has 3 heterocycles. The summed E-state index contributed by atoms with van der Waals surface area (Å²) in [6.07, 6.45) is 9.82. The topological polar surface area (TPSA) is 58.1 Å². The van der Waals surface area contributed by atoms with Gasteiger partial charge in [0.25, 0.3) is 0 Å². The average molecular weight is 293 g/mol. The zero-order chi connectivity index (χ0) is 13.7. The molecular weight excluding hydrogens is 276 g/mol. The third kappa shape index (κ3) is 1.79. The molecule has 4 fully saturated rings. The molecule has 4 atom stereocenters. The van der Waals surface area contributed by atoms with Crippen molar-refractivity contribution in [2.24, 2.45) is 5.92 Å². The molecule has 5 rings (SSSR count). The van der Waals surface area contributed by atoms with Gasteiger partial charge >= 0.3 is 0 Å². The van der Waals surface area contributed by atoms with Gasteiger partial charge in [-0.05, 0) is 38.0 Å².